The van der Waals surface area contributed by atoms with Crippen LogP contribution in [0.2, 0.25) is 0 Å². The van der Waals surface area contributed by atoms with Crippen LogP contribution in [-0.4, -0.2) is 70.3 Å². The van der Waals surface area contributed by atoms with Gasteiger partial charge in [-0.1, -0.05) is 6.92 Å². The summed E-state index contributed by atoms with van der Waals surface area (Å²) in [5.41, 5.74) is 4.56. The first kappa shape index (κ1) is 22.5. The normalized spacial score (nSPS) is 22.5. The smallest absolute Gasteiger partial charge is 0.276 e. The Morgan fingerprint density at radius 1 is 1.31 bits per heavy atom. The molecule has 0 bridgehead atoms. The lowest BCUT2D eigenvalue weighted by Gasteiger charge is -2.30. The number of aliphatic imine (C=N–C) groups is 2. The second kappa shape index (κ2) is 9.59. The molecule has 1 aromatic heterocycles. The first-order chi connectivity index (χ1) is 17.1. The predicted molar refractivity (Wildman–Crippen MR) is 142 cm³/mol. The Morgan fingerprint density at radius 3 is 3.14 bits per heavy atom. The van der Waals surface area contributed by atoms with Gasteiger partial charge in [0.05, 0.1) is 29.4 Å². The molecule has 180 valence electrons. The van der Waals surface area contributed by atoms with Gasteiger partial charge in [-0.2, -0.15) is 5.10 Å². The molecule has 0 saturated carbocycles. The molecule has 3 aliphatic rings. The Kier molecular flexibility index (Phi) is 6.16. The van der Waals surface area contributed by atoms with Gasteiger partial charge in [-0.15, -0.1) is 11.8 Å². The maximum atomic E-state index is 13.0. The summed E-state index contributed by atoms with van der Waals surface area (Å²) < 4.78 is 5.63. The van der Waals surface area contributed by atoms with E-state index in [1.807, 2.05) is 48.3 Å². The molecule has 35 heavy (non-hydrogen) atoms. The SMILES string of the molecule is CC1CN=C(CN2CCCC(C=NC(=O)c3ccc4[nH]nc(-c5ccc6c(c5)CCO6)c4c3)C2)S1. The van der Waals surface area contributed by atoms with E-state index in [4.69, 9.17) is 4.74 Å². The number of H-pyrrole nitrogens is 1. The average molecular weight is 488 g/mol. The molecule has 0 aliphatic carbocycles. The molecule has 6 rings (SSSR count). The van der Waals surface area contributed by atoms with Crippen LogP contribution in [0.5, 0.6) is 5.75 Å². The Balaban J connectivity index is 1.16. The van der Waals surface area contributed by atoms with Crippen LogP contribution in [0.4, 0.5) is 0 Å². The van der Waals surface area contributed by atoms with Gasteiger partial charge in [0.25, 0.3) is 5.91 Å². The minimum absolute atomic E-state index is 0.205. The zero-order valence-corrected chi connectivity index (χ0v) is 20.7. The van der Waals surface area contributed by atoms with Crippen LogP contribution in [0.3, 0.4) is 0 Å². The van der Waals surface area contributed by atoms with E-state index >= 15 is 0 Å². The van der Waals surface area contributed by atoms with E-state index in [1.165, 1.54) is 10.6 Å². The van der Waals surface area contributed by atoms with Crippen LogP contribution in [0.1, 0.15) is 35.7 Å². The minimum Gasteiger partial charge on any atom is -0.493 e. The van der Waals surface area contributed by atoms with Gasteiger partial charge < -0.3 is 4.74 Å². The van der Waals surface area contributed by atoms with E-state index in [9.17, 15) is 4.79 Å². The highest BCUT2D eigenvalue weighted by atomic mass is 32.2. The van der Waals surface area contributed by atoms with Gasteiger partial charge in [0.1, 0.15) is 5.75 Å². The lowest BCUT2D eigenvalue weighted by Crippen LogP contribution is -2.38. The van der Waals surface area contributed by atoms with E-state index in [2.05, 4.69) is 38.1 Å². The Bertz CT molecular complexity index is 1330. The van der Waals surface area contributed by atoms with Gasteiger partial charge in [-0.05, 0) is 61.3 Å². The quantitative estimate of drug-likeness (QED) is 0.531. The molecule has 2 atom stereocenters. The summed E-state index contributed by atoms with van der Waals surface area (Å²) in [5, 5.41) is 10.4. The number of piperidine rings is 1. The van der Waals surface area contributed by atoms with Gasteiger partial charge in [0.2, 0.25) is 0 Å². The highest BCUT2D eigenvalue weighted by Gasteiger charge is 2.23. The summed E-state index contributed by atoms with van der Waals surface area (Å²) in [6.45, 7) is 6.81. The molecule has 1 amide bonds. The zero-order valence-electron chi connectivity index (χ0n) is 19.9. The maximum absolute atomic E-state index is 13.0. The first-order valence-electron chi connectivity index (χ1n) is 12.4. The lowest BCUT2D eigenvalue weighted by atomic mass is 9.99. The number of benzene rings is 2. The van der Waals surface area contributed by atoms with E-state index in [0.29, 0.717) is 16.7 Å². The summed E-state index contributed by atoms with van der Waals surface area (Å²) in [5.74, 6) is 1.03. The van der Waals surface area contributed by atoms with Crippen molar-refractivity contribution in [3.8, 4) is 17.0 Å². The topological polar surface area (TPSA) is 82.9 Å². The molecule has 3 aliphatic heterocycles. The summed E-state index contributed by atoms with van der Waals surface area (Å²) in [6.07, 6.45) is 4.96. The molecule has 1 N–H and O–H groups in total. The standard InChI is InChI=1S/C27H29N5O2S/c1-17-13-28-25(35-17)16-32-9-2-3-18(15-32)14-29-27(33)21-4-6-23-22(12-21)26(31-30-23)20-5-7-24-19(11-20)8-10-34-24/h4-7,11-12,14,17-18H,2-3,8-10,13,15-16H2,1H3,(H,30,31). The fourth-order valence-electron chi connectivity index (χ4n) is 5.12. The maximum Gasteiger partial charge on any atom is 0.276 e. The molecule has 2 unspecified atom stereocenters. The van der Waals surface area contributed by atoms with Gasteiger partial charge in [-0.25, -0.2) is 4.99 Å². The number of rotatable bonds is 5. The van der Waals surface area contributed by atoms with Crippen molar-refractivity contribution in [3.05, 3.63) is 47.5 Å². The third-order valence-electron chi connectivity index (χ3n) is 6.94. The summed E-state index contributed by atoms with van der Waals surface area (Å²) in [7, 11) is 0. The molecule has 4 heterocycles. The number of fused-ring (bicyclic) bond motifs is 2. The lowest BCUT2D eigenvalue weighted by molar-refractivity contribution is 0.100. The monoisotopic (exact) mass is 487 g/mol. The number of amides is 1. The van der Waals surface area contributed by atoms with Crippen LogP contribution in [-0.2, 0) is 6.42 Å². The number of thioether (sulfide) groups is 1. The van der Waals surface area contributed by atoms with Crippen molar-refractivity contribution >= 4 is 39.8 Å². The fourth-order valence-corrected chi connectivity index (χ4v) is 6.14. The number of likely N-dealkylation sites (tertiary alicyclic amines) is 1. The molecule has 0 spiro atoms. The second-order valence-electron chi connectivity index (χ2n) is 9.64. The molecule has 0 radical (unpaired) electrons. The van der Waals surface area contributed by atoms with E-state index < -0.39 is 0 Å². The van der Waals surface area contributed by atoms with E-state index in [1.54, 1.807) is 0 Å². The number of ether oxygens (including phenoxy) is 1. The zero-order chi connectivity index (χ0) is 23.8. The Morgan fingerprint density at radius 2 is 2.26 bits per heavy atom. The van der Waals surface area contributed by atoms with Crippen LogP contribution in [0.15, 0.2) is 46.4 Å². The van der Waals surface area contributed by atoms with Crippen LogP contribution >= 0.6 is 11.8 Å². The van der Waals surface area contributed by atoms with Crippen molar-refractivity contribution in [2.24, 2.45) is 15.9 Å². The highest BCUT2D eigenvalue weighted by Crippen LogP contribution is 2.33. The van der Waals surface area contributed by atoms with E-state index in [0.717, 1.165) is 80.0 Å². The summed E-state index contributed by atoms with van der Waals surface area (Å²) >= 11 is 1.89. The molecule has 7 nitrogen and oxygen atoms in total. The van der Waals surface area contributed by atoms with Crippen molar-refractivity contribution in [3.63, 3.8) is 0 Å². The molecular formula is C27H29N5O2S. The van der Waals surface area contributed by atoms with Crippen molar-refractivity contribution in [1.29, 1.82) is 0 Å². The molecule has 2 aromatic carbocycles. The van der Waals surface area contributed by atoms with Gasteiger partial charge in [-0.3, -0.25) is 19.8 Å². The summed E-state index contributed by atoms with van der Waals surface area (Å²) in [4.78, 5) is 24.4. The van der Waals surface area contributed by atoms with Crippen molar-refractivity contribution in [1.82, 2.24) is 15.1 Å². The summed E-state index contributed by atoms with van der Waals surface area (Å²) in [6, 6.07) is 11.8. The van der Waals surface area contributed by atoms with Crippen molar-refractivity contribution in [2.45, 2.75) is 31.4 Å². The number of nitrogens with one attached hydrogen (secondary N) is 1. The number of aromatic nitrogens is 2. The minimum atomic E-state index is -0.205. The number of nitrogens with zero attached hydrogens (tertiary/aromatic N) is 4. The molecule has 1 fully saturated rings. The third-order valence-corrected chi connectivity index (χ3v) is 8.02. The number of hydrogen-bond acceptors (Lipinski definition) is 6. The third kappa shape index (κ3) is 4.77. The van der Waals surface area contributed by atoms with Crippen LogP contribution < -0.4 is 4.74 Å². The number of hydrogen-bond donors (Lipinski definition) is 1. The van der Waals surface area contributed by atoms with Crippen LogP contribution in [0, 0.1) is 5.92 Å². The highest BCUT2D eigenvalue weighted by molar-refractivity contribution is 8.14. The van der Waals surface area contributed by atoms with Gasteiger partial charge >= 0.3 is 0 Å². The molecule has 1 saturated heterocycles. The van der Waals surface area contributed by atoms with Crippen molar-refractivity contribution in [2.75, 3.05) is 32.8 Å². The molecule has 8 heteroatoms. The van der Waals surface area contributed by atoms with Crippen LogP contribution in [0.25, 0.3) is 22.2 Å². The molecular weight excluding hydrogens is 458 g/mol. The average Bonchev–Trinajstić information content (AvgIpc) is 3.61. The van der Waals surface area contributed by atoms with Gasteiger partial charge in [0, 0.05) is 53.4 Å². The first-order valence-corrected chi connectivity index (χ1v) is 13.3. The largest absolute Gasteiger partial charge is 0.493 e. The number of aromatic amines is 1. The Labute approximate surface area is 209 Å². The van der Waals surface area contributed by atoms with E-state index in [-0.39, 0.29) is 5.91 Å². The van der Waals surface area contributed by atoms with Gasteiger partial charge in [0.15, 0.2) is 0 Å². The Hall–Kier alpha value is -2.97. The number of carbonyl (C=O) groups is 1. The predicted octanol–water partition coefficient (Wildman–Crippen LogP) is 4.62. The fraction of sp³-hybridized carbons (Fsp3) is 0.407. The van der Waals surface area contributed by atoms with Crippen molar-refractivity contribution < 1.29 is 9.53 Å². The molecule has 3 aromatic rings. The second-order valence-corrected chi connectivity index (χ2v) is 11.1. The number of carbonyl (C=O) groups excluding carboxylic acids is 1.